The highest BCUT2D eigenvalue weighted by Crippen LogP contribution is 2.51. The molecule has 3 rings (SSSR count). The Morgan fingerprint density at radius 1 is 1.39 bits per heavy atom. The zero-order chi connectivity index (χ0) is 16.8. The molecule has 2 saturated heterocycles. The zero-order valence-electron chi connectivity index (χ0n) is 13.7. The average Bonchev–Trinajstić information content (AvgIpc) is 2.70. The van der Waals surface area contributed by atoms with Crippen molar-refractivity contribution in [2.45, 2.75) is 45.6 Å². The fourth-order valence-electron chi connectivity index (χ4n) is 3.59. The molecule has 1 N–H and O–H groups in total. The minimum atomic E-state index is -0.735. The molecule has 1 aliphatic carbocycles. The molecule has 23 heavy (non-hydrogen) atoms. The molecule has 0 aromatic rings. The normalized spacial score (nSPS) is 30.1. The van der Waals surface area contributed by atoms with Crippen LogP contribution in [0.3, 0.4) is 0 Å². The molecule has 2 atom stereocenters. The van der Waals surface area contributed by atoms with Crippen molar-refractivity contribution in [2.75, 3.05) is 6.54 Å². The topological polar surface area (TPSA) is 75.7 Å². The van der Waals surface area contributed by atoms with Crippen molar-refractivity contribution in [2.24, 2.45) is 11.3 Å². The average molecular weight is 318 g/mol. The molecule has 3 aliphatic rings. The van der Waals surface area contributed by atoms with E-state index in [9.17, 15) is 14.4 Å². The van der Waals surface area contributed by atoms with Gasteiger partial charge in [-0.05, 0) is 39.7 Å². The third-order valence-electron chi connectivity index (χ3n) is 4.66. The molecule has 0 saturated carbocycles. The summed E-state index contributed by atoms with van der Waals surface area (Å²) < 4.78 is 5.41. The van der Waals surface area contributed by atoms with E-state index >= 15 is 0 Å². The van der Waals surface area contributed by atoms with E-state index in [4.69, 9.17) is 4.74 Å². The summed E-state index contributed by atoms with van der Waals surface area (Å²) in [6.07, 6.45) is 6.49. The number of imide groups is 1. The third kappa shape index (κ3) is 2.56. The third-order valence-corrected chi connectivity index (χ3v) is 4.66. The van der Waals surface area contributed by atoms with Crippen molar-refractivity contribution < 1.29 is 19.1 Å². The van der Waals surface area contributed by atoms with E-state index in [1.54, 1.807) is 26.8 Å². The standard InChI is InChI=1S/C17H22N2O4/c1-16(2,3)23-15(22)19-12-7-5-4-6-11(12)17(14(19)21)9-8-13(20)18-10-17/h4-5,7,11H,6,8-10H2,1-3H3,(H,18,20). The number of hydrogen-bond acceptors (Lipinski definition) is 4. The van der Waals surface area contributed by atoms with Gasteiger partial charge in [-0.3, -0.25) is 9.59 Å². The van der Waals surface area contributed by atoms with E-state index in [0.29, 0.717) is 25.0 Å². The minimum absolute atomic E-state index is 0.0453. The first-order valence-electron chi connectivity index (χ1n) is 7.95. The predicted molar refractivity (Wildman–Crippen MR) is 83.1 cm³/mol. The van der Waals surface area contributed by atoms with Crippen LogP contribution in [0.1, 0.15) is 40.0 Å². The maximum Gasteiger partial charge on any atom is 0.421 e. The van der Waals surface area contributed by atoms with Gasteiger partial charge in [-0.2, -0.15) is 0 Å². The number of nitrogens with one attached hydrogen (secondary N) is 1. The van der Waals surface area contributed by atoms with Crippen molar-refractivity contribution in [3.63, 3.8) is 0 Å². The van der Waals surface area contributed by atoms with Gasteiger partial charge >= 0.3 is 6.09 Å². The van der Waals surface area contributed by atoms with Gasteiger partial charge in [0.2, 0.25) is 11.8 Å². The number of allylic oxidation sites excluding steroid dienone is 4. The number of fused-ring (bicyclic) bond motifs is 2. The second-order valence-electron chi connectivity index (χ2n) is 7.36. The van der Waals surface area contributed by atoms with Gasteiger partial charge in [-0.25, -0.2) is 9.69 Å². The Hall–Kier alpha value is -2.11. The largest absolute Gasteiger partial charge is 0.443 e. The fourth-order valence-corrected chi connectivity index (χ4v) is 3.59. The Morgan fingerprint density at radius 2 is 2.13 bits per heavy atom. The number of carbonyl (C=O) groups is 3. The number of carbonyl (C=O) groups excluding carboxylic acids is 3. The Morgan fingerprint density at radius 3 is 2.74 bits per heavy atom. The summed E-state index contributed by atoms with van der Waals surface area (Å²) in [4.78, 5) is 38.3. The summed E-state index contributed by atoms with van der Waals surface area (Å²) >= 11 is 0. The van der Waals surface area contributed by atoms with Crippen LogP contribution in [0.4, 0.5) is 4.79 Å². The second kappa shape index (κ2) is 5.22. The number of ether oxygens (including phenoxy) is 1. The van der Waals surface area contributed by atoms with E-state index in [0.717, 1.165) is 0 Å². The van der Waals surface area contributed by atoms with Gasteiger partial charge in [-0.15, -0.1) is 0 Å². The first kappa shape index (κ1) is 15.8. The Bertz CT molecular complexity index is 617. The lowest BCUT2D eigenvalue weighted by molar-refractivity contribution is -0.139. The van der Waals surface area contributed by atoms with Gasteiger partial charge in [0.1, 0.15) is 5.60 Å². The monoisotopic (exact) mass is 318 g/mol. The molecule has 0 aromatic carbocycles. The first-order chi connectivity index (χ1) is 10.7. The van der Waals surface area contributed by atoms with Crippen LogP contribution in [0.5, 0.6) is 0 Å². The van der Waals surface area contributed by atoms with Crippen LogP contribution in [-0.2, 0) is 14.3 Å². The van der Waals surface area contributed by atoms with Crippen molar-refractivity contribution in [3.8, 4) is 0 Å². The van der Waals surface area contributed by atoms with Crippen LogP contribution >= 0.6 is 0 Å². The summed E-state index contributed by atoms with van der Waals surface area (Å²) in [6, 6.07) is 0. The number of hydrogen-bond donors (Lipinski definition) is 1. The number of likely N-dealkylation sites (tertiary alicyclic amines) is 1. The molecule has 124 valence electrons. The maximum atomic E-state index is 13.1. The Kier molecular flexibility index (Phi) is 3.58. The highest BCUT2D eigenvalue weighted by molar-refractivity contribution is 6.02. The number of rotatable bonds is 0. The van der Waals surface area contributed by atoms with Crippen LogP contribution in [0, 0.1) is 11.3 Å². The SMILES string of the molecule is CC(C)(C)OC(=O)N1C(=O)C2(CCC(=O)NC2)C2CC=CC=C21. The summed E-state index contributed by atoms with van der Waals surface area (Å²) in [6.45, 7) is 5.60. The zero-order valence-corrected chi connectivity index (χ0v) is 13.7. The minimum Gasteiger partial charge on any atom is -0.443 e. The lowest BCUT2D eigenvalue weighted by Crippen LogP contribution is -2.51. The van der Waals surface area contributed by atoms with Crippen molar-refractivity contribution in [1.82, 2.24) is 10.2 Å². The van der Waals surface area contributed by atoms with Crippen LogP contribution in [0.2, 0.25) is 0 Å². The smallest absolute Gasteiger partial charge is 0.421 e. The van der Waals surface area contributed by atoms with E-state index in [1.165, 1.54) is 4.90 Å². The molecule has 6 heteroatoms. The van der Waals surface area contributed by atoms with E-state index in [2.05, 4.69) is 5.32 Å². The maximum absolute atomic E-state index is 13.1. The highest BCUT2D eigenvalue weighted by atomic mass is 16.6. The van der Waals surface area contributed by atoms with E-state index in [-0.39, 0.29) is 24.3 Å². The van der Waals surface area contributed by atoms with Crippen LogP contribution in [-0.4, -0.2) is 35.0 Å². The Balaban J connectivity index is 1.96. The highest BCUT2D eigenvalue weighted by Gasteiger charge is 2.59. The molecule has 2 heterocycles. The molecule has 3 amide bonds. The summed E-state index contributed by atoms with van der Waals surface area (Å²) in [5, 5.41) is 2.80. The number of amides is 3. The summed E-state index contributed by atoms with van der Waals surface area (Å²) in [5.74, 6) is -0.393. The van der Waals surface area contributed by atoms with Crippen LogP contribution in [0.15, 0.2) is 23.9 Å². The summed E-state index contributed by atoms with van der Waals surface area (Å²) in [7, 11) is 0. The van der Waals surface area contributed by atoms with Crippen molar-refractivity contribution >= 4 is 17.9 Å². The summed E-state index contributed by atoms with van der Waals surface area (Å²) in [5.41, 5.74) is -0.724. The molecule has 1 spiro atoms. The van der Waals surface area contributed by atoms with Crippen molar-refractivity contribution in [3.05, 3.63) is 23.9 Å². The van der Waals surface area contributed by atoms with Crippen LogP contribution < -0.4 is 5.32 Å². The molecule has 2 fully saturated rings. The lowest BCUT2D eigenvalue weighted by Gasteiger charge is -2.36. The van der Waals surface area contributed by atoms with Crippen molar-refractivity contribution in [1.29, 1.82) is 0 Å². The molecule has 2 aliphatic heterocycles. The van der Waals surface area contributed by atoms with E-state index in [1.807, 2.05) is 12.2 Å². The van der Waals surface area contributed by atoms with Gasteiger partial charge in [0.15, 0.2) is 0 Å². The lowest BCUT2D eigenvalue weighted by atomic mass is 9.69. The molecule has 6 nitrogen and oxygen atoms in total. The second-order valence-corrected chi connectivity index (χ2v) is 7.36. The quantitative estimate of drug-likeness (QED) is 0.742. The Labute approximate surface area is 135 Å². The van der Waals surface area contributed by atoms with Gasteiger partial charge < -0.3 is 10.1 Å². The first-order valence-corrected chi connectivity index (χ1v) is 7.95. The fraction of sp³-hybridized carbons (Fsp3) is 0.588. The molecule has 0 aromatic heterocycles. The molecule has 0 radical (unpaired) electrons. The molecule has 0 bridgehead atoms. The van der Waals surface area contributed by atoms with E-state index < -0.39 is 17.1 Å². The van der Waals surface area contributed by atoms with Gasteiger partial charge in [-0.1, -0.05) is 12.2 Å². The molecule has 2 unspecified atom stereocenters. The number of nitrogens with zero attached hydrogens (tertiary/aromatic N) is 1. The van der Waals surface area contributed by atoms with Crippen LogP contribution in [0.25, 0.3) is 0 Å². The van der Waals surface area contributed by atoms with Gasteiger partial charge in [0.25, 0.3) is 0 Å². The number of piperidine rings is 1. The molecular formula is C17H22N2O4. The predicted octanol–water partition coefficient (Wildman–Crippen LogP) is 2.12. The van der Waals surface area contributed by atoms with Gasteiger partial charge in [0.05, 0.1) is 5.41 Å². The molecular weight excluding hydrogens is 296 g/mol. The van der Waals surface area contributed by atoms with Gasteiger partial charge in [0, 0.05) is 24.6 Å².